The summed E-state index contributed by atoms with van der Waals surface area (Å²) in [5.74, 6) is 0.362. The summed E-state index contributed by atoms with van der Waals surface area (Å²) in [7, 11) is 3.08. The highest BCUT2D eigenvalue weighted by molar-refractivity contribution is 7.09. The Morgan fingerprint density at radius 2 is 1.80 bits per heavy atom. The molecule has 35 heavy (non-hydrogen) atoms. The Kier molecular flexibility index (Phi) is 9.43. The van der Waals surface area contributed by atoms with Gasteiger partial charge in [-0.25, -0.2) is 9.78 Å². The number of benzene rings is 2. The molecule has 3 aromatic rings. The summed E-state index contributed by atoms with van der Waals surface area (Å²) in [5.41, 5.74) is 2.58. The standard InChI is InChI=1S/C27H30N2O5S/c1-5-21-23(32-3)15-20(16-24(21)33-4)26(30)29(14-10-13-19-11-8-7-9-12-19)17-25-28-22(18-35-25)27(31)34-6-2/h5,7-9,11-12,15-16,18H,1,6,10,13-14,17H2,2-4H3. The minimum Gasteiger partial charge on any atom is -0.496 e. The predicted octanol–water partition coefficient (Wildman–Crippen LogP) is 5.26. The number of esters is 1. The minimum atomic E-state index is -0.466. The van der Waals surface area contributed by atoms with E-state index in [1.807, 2.05) is 18.2 Å². The van der Waals surface area contributed by atoms with Gasteiger partial charge in [-0.1, -0.05) is 43.0 Å². The van der Waals surface area contributed by atoms with E-state index in [9.17, 15) is 9.59 Å². The summed E-state index contributed by atoms with van der Waals surface area (Å²) in [6.07, 6.45) is 3.24. The molecule has 0 N–H and O–H groups in total. The van der Waals surface area contributed by atoms with E-state index in [2.05, 4.69) is 23.7 Å². The van der Waals surface area contributed by atoms with Crippen molar-refractivity contribution in [2.24, 2.45) is 0 Å². The molecule has 0 saturated heterocycles. The molecule has 184 valence electrons. The van der Waals surface area contributed by atoms with Gasteiger partial charge >= 0.3 is 5.97 Å². The molecule has 0 unspecified atom stereocenters. The molecule has 0 saturated carbocycles. The number of carbonyl (C=O) groups excluding carboxylic acids is 2. The second-order valence-corrected chi connectivity index (χ2v) is 8.60. The van der Waals surface area contributed by atoms with Crippen LogP contribution in [-0.2, 0) is 17.7 Å². The molecule has 0 atom stereocenters. The molecule has 1 heterocycles. The van der Waals surface area contributed by atoms with Crippen LogP contribution in [0.25, 0.3) is 6.08 Å². The number of rotatable bonds is 12. The van der Waals surface area contributed by atoms with Gasteiger partial charge in [-0.2, -0.15) is 0 Å². The first-order valence-electron chi connectivity index (χ1n) is 11.3. The summed E-state index contributed by atoms with van der Waals surface area (Å²) in [5, 5.41) is 2.31. The fourth-order valence-corrected chi connectivity index (χ4v) is 4.44. The third-order valence-corrected chi connectivity index (χ3v) is 6.21. The highest BCUT2D eigenvalue weighted by atomic mass is 32.1. The lowest BCUT2D eigenvalue weighted by atomic mass is 10.1. The Hall–Kier alpha value is -3.65. The van der Waals surface area contributed by atoms with Crippen molar-refractivity contribution >= 4 is 29.3 Å². The predicted molar refractivity (Wildman–Crippen MR) is 137 cm³/mol. The van der Waals surface area contributed by atoms with Crippen LogP contribution in [0, 0.1) is 0 Å². The lowest BCUT2D eigenvalue weighted by Gasteiger charge is -2.23. The zero-order valence-corrected chi connectivity index (χ0v) is 21.1. The van der Waals surface area contributed by atoms with E-state index in [-0.39, 0.29) is 24.8 Å². The SMILES string of the molecule is C=Cc1c(OC)cc(C(=O)N(CCCc2ccccc2)Cc2nc(C(=O)OCC)cs2)cc1OC. The van der Waals surface area contributed by atoms with E-state index < -0.39 is 5.97 Å². The number of ether oxygens (including phenoxy) is 3. The molecule has 3 rings (SSSR count). The van der Waals surface area contributed by atoms with Gasteiger partial charge < -0.3 is 19.1 Å². The second kappa shape index (κ2) is 12.7. The minimum absolute atomic E-state index is 0.182. The largest absolute Gasteiger partial charge is 0.496 e. The molecule has 2 aromatic carbocycles. The Labute approximate surface area is 210 Å². The first-order chi connectivity index (χ1) is 17.0. The smallest absolute Gasteiger partial charge is 0.357 e. The summed E-state index contributed by atoms with van der Waals surface area (Å²) < 4.78 is 16.0. The molecule has 0 aliphatic rings. The van der Waals surface area contributed by atoms with Crippen molar-refractivity contribution < 1.29 is 23.8 Å². The molecular weight excluding hydrogens is 464 g/mol. The normalized spacial score (nSPS) is 10.5. The van der Waals surface area contributed by atoms with Crippen molar-refractivity contribution in [1.29, 1.82) is 0 Å². The number of thiazole rings is 1. The van der Waals surface area contributed by atoms with Gasteiger partial charge in [0.05, 0.1) is 32.9 Å². The van der Waals surface area contributed by atoms with E-state index >= 15 is 0 Å². The lowest BCUT2D eigenvalue weighted by molar-refractivity contribution is 0.0520. The number of hydrogen-bond donors (Lipinski definition) is 0. The van der Waals surface area contributed by atoms with Crippen LogP contribution in [0.3, 0.4) is 0 Å². The third kappa shape index (κ3) is 6.70. The van der Waals surface area contributed by atoms with Gasteiger partial charge in [0, 0.05) is 17.5 Å². The molecular formula is C27H30N2O5S. The van der Waals surface area contributed by atoms with Gasteiger partial charge in [0.2, 0.25) is 0 Å². The Bertz CT molecular complexity index is 1130. The highest BCUT2D eigenvalue weighted by Gasteiger charge is 2.22. The quantitative estimate of drug-likeness (QED) is 0.320. The van der Waals surface area contributed by atoms with Crippen LogP contribution < -0.4 is 9.47 Å². The number of carbonyl (C=O) groups is 2. The fourth-order valence-electron chi connectivity index (χ4n) is 3.66. The van der Waals surface area contributed by atoms with Crippen LogP contribution in [0.4, 0.5) is 0 Å². The molecule has 0 radical (unpaired) electrons. The first kappa shape index (κ1) is 26.0. The summed E-state index contributed by atoms with van der Waals surface area (Å²) >= 11 is 1.33. The van der Waals surface area contributed by atoms with Crippen molar-refractivity contribution in [1.82, 2.24) is 9.88 Å². The van der Waals surface area contributed by atoms with Crippen molar-refractivity contribution in [3.63, 3.8) is 0 Å². The molecule has 8 heteroatoms. The summed E-state index contributed by atoms with van der Waals surface area (Å²) in [4.78, 5) is 31.8. The maximum atomic E-state index is 13.6. The van der Waals surface area contributed by atoms with Crippen LogP contribution in [0.1, 0.15) is 50.3 Å². The summed E-state index contributed by atoms with van der Waals surface area (Å²) in [6.45, 7) is 6.62. The molecule has 0 aliphatic carbocycles. The Morgan fingerprint density at radius 3 is 2.40 bits per heavy atom. The number of aryl methyl sites for hydroxylation is 1. The van der Waals surface area contributed by atoms with E-state index in [4.69, 9.17) is 14.2 Å². The number of aromatic nitrogens is 1. The van der Waals surface area contributed by atoms with Gasteiger partial charge in [0.1, 0.15) is 16.5 Å². The van der Waals surface area contributed by atoms with Crippen LogP contribution in [0.2, 0.25) is 0 Å². The second-order valence-electron chi connectivity index (χ2n) is 7.66. The highest BCUT2D eigenvalue weighted by Crippen LogP contribution is 2.32. The van der Waals surface area contributed by atoms with E-state index in [0.717, 1.165) is 12.8 Å². The molecule has 7 nitrogen and oxygen atoms in total. The zero-order chi connectivity index (χ0) is 25.2. The van der Waals surface area contributed by atoms with Gasteiger partial charge in [-0.05, 0) is 37.5 Å². The molecule has 0 bridgehead atoms. The van der Waals surface area contributed by atoms with Crippen molar-refractivity contribution in [3.05, 3.63) is 81.8 Å². The van der Waals surface area contributed by atoms with Gasteiger partial charge in [-0.15, -0.1) is 11.3 Å². The van der Waals surface area contributed by atoms with Crippen LogP contribution >= 0.6 is 11.3 Å². The fraction of sp³-hybridized carbons (Fsp3) is 0.296. The van der Waals surface area contributed by atoms with Crippen molar-refractivity contribution in [2.45, 2.75) is 26.3 Å². The third-order valence-electron chi connectivity index (χ3n) is 5.38. The lowest BCUT2D eigenvalue weighted by Crippen LogP contribution is -2.32. The maximum Gasteiger partial charge on any atom is 0.357 e. The number of amides is 1. The van der Waals surface area contributed by atoms with E-state index in [1.54, 1.807) is 49.6 Å². The van der Waals surface area contributed by atoms with Gasteiger partial charge in [-0.3, -0.25) is 4.79 Å². The Morgan fingerprint density at radius 1 is 1.11 bits per heavy atom. The van der Waals surface area contributed by atoms with E-state index in [1.165, 1.54) is 16.9 Å². The van der Waals surface area contributed by atoms with Crippen LogP contribution in [-0.4, -0.2) is 49.1 Å². The summed E-state index contributed by atoms with van der Waals surface area (Å²) in [6, 6.07) is 13.5. The number of hydrogen-bond acceptors (Lipinski definition) is 7. The number of methoxy groups -OCH3 is 2. The first-order valence-corrected chi connectivity index (χ1v) is 12.2. The van der Waals surface area contributed by atoms with E-state index in [0.29, 0.717) is 34.2 Å². The molecule has 0 aliphatic heterocycles. The molecule has 1 amide bonds. The van der Waals surface area contributed by atoms with Gasteiger partial charge in [0.15, 0.2) is 5.69 Å². The average molecular weight is 495 g/mol. The van der Waals surface area contributed by atoms with Crippen LogP contribution in [0.15, 0.2) is 54.4 Å². The molecule has 0 spiro atoms. The monoisotopic (exact) mass is 494 g/mol. The zero-order valence-electron chi connectivity index (χ0n) is 20.3. The van der Waals surface area contributed by atoms with Crippen molar-refractivity contribution in [3.8, 4) is 11.5 Å². The average Bonchev–Trinajstić information content (AvgIpc) is 3.36. The maximum absolute atomic E-state index is 13.6. The van der Waals surface area contributed by atoms with Crippen molar-refractivity contribution in [2.75, 3.05) is 27.4 Å². The number of nitrogens with zero attached hydrogens (tertiary/aromatic N) is 2. The van der Waals surface area contributed by atoms with Crippen LogP contribution in [0.5, 0.6) is 11.5 Å². The molecule has 1 aromatic heterocycles. The van der Waals surface area contributed by atoms with Gasteiger partial charge in [0.25, 0.3) is 5.91 Å². The molecule has 0 fully saturated rings. The Balaban J connectivity index is 1.86. The topological polar surface area (TPSA) is 78.0 Å².